The molecule has 1 saturated heterocycles. The fourth-order valence-corrected chi connectivity index (χ4v) is 4.65. The van der Waals surface area contributed by atoms with Crippen molar-refractivity contribution < 1.29 is 9.18 Å². The molecule has 0 spiro atoms. The van der Waals surface area contributed by atoms with Gasteiger partial charge in [-0.05, 0) is 43.2 Å². The quantitative estimate of drug-likeness (QED) is 0.629. The molecule has 0 bridgehead atoms. The van der Waals surface area contributed by atoms with Gasteiger partial charge in [-0.15, -0.1) is 0 Å². The van der Waals surface area contributed by atoms with Gasteiger partial charge in [-0.1, -0.05) is 24.3 Å². The van der Waals surface area contributed by atoms with Crippen LogP contribution in [0.4, 0.5) is 15.9 Å². The van der Waals surface area contributed by atoms with Gasteiger partial charge in [-0.25, -0.2) is 9.07 Å². The van der Waals surface area contributed by atoms with Crippen LogP contribution in [-0.2, 0) is 13.1 Å². The van der Waals surface area contributed by atoms with Gasteiger partial charge in [0, 0.05) is 57.4 Å². The first-order valence-electron chi connectivity index (χ1n) is 11.3. The highest BCUT2D eigenvalue weighted by atomic mass is 19.1. The topological polar surface area (TPSA) is 44.6 Å². The summed E-state index contributed by atoms with van der Waals surface area (Å²) in [5.74, 6) is 0.993. The number of para-hydroxylation sites is 1. The predicted molar refractivity (Wildman–Crippen MR) is 124 cm³/mol. The molecule has 6 nitrogen and oxygen atoms in total. The van der Waals surface area contributed by atoms with Gasteiger partial charge in [-0.3, -0.25) is 4.79 Å². The number of halogens is 1. The van der Waals surface area contributed by atoms with Crippen LogP contribution in [0.25, 0.3) is 0 Å². The highest BCUT2D eigenvalue weighted by molar-refractivity contribution is 5.94. The highest BCUT2D eigenvalue weighted by Gasteiger charge is 2.24. The molecule has 2 aliphatic heterocycles. The largest absolute Gasteiger partial charge is 0.366 e. The average molecular weight is 434 g/mol. The fraction of sp³-hybridized carbons (Fsp3) is 0.360. The van der Waals surface area contributed by atoms with Crippen LogP contribution >= 0.6 is 0 Å². The zero-order chi connectivity index (χ0) is 22.1. The Hall–Kier alpha value is -3.35. The van der Waals surface area contributed by atoms with Gasteiger partial charge < -0.3 is 14.7 Å². The lowest BCUT2D eigenvalue weighted by molar-refractivity contribution is 0.0746. The standard InChI is InChI=1S/C25H28FN5O/c1-19-17-24-30(11-4-12-31(24)27-19)18-20-7-9-21(10-8-20)25(32)29-15-13-28(14-16-29)23-6-3-2-5-22(23)26/h2-3,5-10,17H,4,11-16,18H2,1H3. The Labute approximate surface area is 187 Å². The smallest absolute Gasteiger partial charge is 0.253 e. The summed E-state index contributed by atoms with van der Waals surface area (Å²) in [4.78, 5) is 19.2. The number of amides is 1. The molecule has 5 rings (SSSR count). The zero-order valence-electron chi connectivity index (χ0n) is 18.4. The summed E-state index contributed by atoms with van der Waals surface area (Å²) in [6.45, 7) is 7.26. The van der Waals surface area contributed by atoms with Crippen molar-refractivity contribution in [3.63, 3.8) is 0 Å². The number of rotatable bonds is 4. The van der Waals surface area contributed by atoms with Gasteiger partial charge in [0.25, 0.3) is 5.91 Å². The maximum Gasteiger partial charge on any atom is 0.253 e. The third-order valence-electron chi connectivity index (χ3n) is 6.34. The van der Waals surface area contributed by atoms with Gasteiger partial charge in [0.1, 0.15) is 11.6 Å². The van der Waals surface area contributed by atoms with E-state index < -0.39 is 0 Å². The fourth-order valence-electron chi connectivity index (χ4n) is 4.65. The Morgan fingerprint density at radius 2 is 1.72 bits per heavy atom. The van der Waals surface area contributed by atoms with Crippen LogP contribution in [0, 0.1) is 12.7 Å². The van der Waals surface area contributed by atoms with E-state index in [0.717, 1.165) is 31.7 Å². The molecule has 3 heterocycles. The van der Waals surface area contributed by atoms with Gasteiger partial charge in [-0.2, -0.15) is 5.10 Å². The number of nitrogens with zero attached hydrogens (tertiary/aromatic N) is 5. The van der Waals surface area contributed by atoms with Gasteiger partial charge in [0.2, 0.25) is 0 Å². The number of anilines is 2. The Bertz CT molecular complexity index is 1100. The van der Waals surface area contributed by atoms with E-state index in [1.165, 1.54) is 17.4 Å². The van der Waals surface area contributed by atoms with E-state index in [9.17, 15) is 9.18 Å². The molecule has 0 aliphatic carbocycles. The molecule has 1 amide bonds. The molecule has 0 N–H and O–H groups in total. The molecule has 0 unspecified atom stereocenters. The van der Waals surface area contributed by atoms with Crippen LogP contribution in [0.3, 0.4) is 0 Å². The van der Waals surface area contributed by atoms with Crippen LogP contribution in [0.5, 0.6) is 0 Å². The molecular formula is C25H28FN5O. The minimum atomic E-state index is -0.213. The summed E-state index contributed by atoms with van der Waals surface area (Å²) in [6, 6.07) is 16.9. The number of hydrogen-bond donors (Lipinski definition) is 0. The monoisotopic (exact) mass is 433 g/mol. The lowest BCUT2D eigenvalue weighted by Gasteiger charge is -2.36. The van der Waals surface area contributed by atoms with E-state index in [-0.39, 0.29) is 11.7 Å². The van der Waals surface area contributed by atoms with Crippen molar-refractivity contribution in [1.82, 2.24) is 14.7 Å². The minimum Gasteiger partial charge on any atom is -0.366 e. The third kappa shape index (κ3) is 4.07. The SMILES string of the molecule is Cc1cc2n(n1)CCCN2Cc1ccc(C(=O)N2CCN(c3ccccc3F)CC2)cc1. The molecule has 1 fully saturated rings. The normalized spacial score (nSPS) is 16.2. The van der Waals surface area contributed by atoms with Crippen molar-refractivity contribution in [2.45, 2.75) is 26.4 Å². The van der Waals surface area contributed by atoms with Crippen molar-refractivity contribution >= 4 is 17.4 Å². The number of carbonyl (C=O) groups excluding carboxylic acids is 1. The minimum absolute atomic E-state index is 0.0383. The van der Waals surface area contributed by atoms with Gasteiger partial charge >= 0.3 is 0 Å². The van der Waals surface area contributed by atoms with Crippen molar-refractivity contribution in [2.75, 3.05) is 42.5 Å². The van der Waals surface area contributed by atoms with E-state index in [1.807, 2.05) is 47.1 Å². The average Bonchev–Trinajstić information content (AvgIpc) is 3.21. The predicted octanol–water partition coefficient (Wildman–Crippen LogP) is 3.70. The number of fused-ring (bicyclic) bond motifs is 1. The Balaban J connectivity index is 1.20. The van der Waals surface area contributed by atoms with E-state index >= 15 is 0 Å². The summed E-state index contributed by atoms with van der Waals surface area (Å²) in [7, 11) is 0. The summed E-state index contributed by atoms with van der Waals surface area (Å²) in [5, 5.41) is 4.56. The maximum atomic E-state index is 14.1. The van der Waals surface area contributed by atoms with Crippen molar-refractivity contribution in [1.29, 1.82) is 0 Å². The second-order valence-electron chi connectivity index (χ2n) is 8.57. The molecular weight excluding hydrogens is 405 g/mol. The molecule has 0 saturated carbocycles. The molecule has 166 valence electrons. The molecule has 0 radical (unpaired) electrons. The molecule has 7 heteroatoms. The summed E-state index contributed by atoms with van der Waals surface area (Å²) >= 11 is 0. The van der Waals surface area contributed by atoms with Gasteiger partial charge in [0.15, 0.2) is 0 Å². The first kappa shape index (κ1) is 20.5. The molecule has 0 atom stereocenters. The molecule has 3 aromatic rings. The highest BCUT2D eigenvalue weighted by Crippen LogP contribution is 2.24. The summed E-state index contributed by atoms with van der Waals surface area (Å²) in [5.41, 5.74) is 3.53. The Morgan fingerprint density at radius 1 is 0.969 bits per heavy atom. The summed E-state index contributed by atoms with van der Waals surface area (Å²) < 4.78 is 16.1. The zero-order valence-corrected chi connectivity index (χ0v) is 18.4. The maximum absolute atomic E-state index is 14.1. The van der Waals surface area contributed by atoms with E-state index in [2.05, 4.69) is 20.7 Å². The van der Waals surface area contributed by atoms with E-state index in [0.29, 0.717) is 37.4 Å². The molecule has 2 aliphatic rings. The number of aromatic nitrogens is 2. The van der Waals surface area contributed by atoms with Crippen LogP contribution in [-0.4, -0.2) is 53.3 Å². The second-order valence-corrected chi connectivity index (χ2v) is 8.57. The Morgan fingerprint density at radius 3 is 2.47 bits per heavy atom. The van der Waals surface area contributed by atoms with Gasteiger partial charge in [0.05, 0.1) is 11.4 Å². The van der Waals surface area contributed by atoms with E-state index in [1.54, 1.807) is 12.1 Å². The summed E-state index contributed by atoms with van der Waals surface area (Å²) in [6.07, 6.45) is 1.09. The number of aryl methyl sites for hydroxylation is 2. The van der Waals surface area contributed by atoms with Crippen LogP contribution < -0.4 is 9.80 Å². The van der Waals surface area contributed by atoms with Crippen molar-refractivity contribution in [2.24, 2.45) is 0 Å². The Kier molecular flexibility index (Phi) is 5.55. The lowest BCUT2D eigenvalue weighted by atomic mass is 10.1. The number of carbonyl (C=O) groups is 1. The molecule has 1 aromatic heterocycles. The number of hydrogen-bond acceptors (Lipinski definition) is 4. The van der Waals surface area contributed by atoms with E-state index in [4.69, 9.17) is 0 Å². The number of piperazine rings is 1. The number of benzene rings is 2. The first-order chi connectivity index (χ1) is 15.6. The van der Waals surface area contributed by atoms with Crippen LogP contribution in [0.2, 0.25) is 0 Å². The van der Waals surface area contributed by atoms with Crippen molar-refractivity contribution in [3.05, 3.63) is 77.2 Å². The first-order valence-corrected chi connectivity index (χ1v) is 11.3. The molecule has 2 aromatic carbocycles. The lowest BCUT2D eigenvalue weighted by Crippen LogP contribution is -2.49. The van der Waals surface area contributed by atoms with Crippen LogP contribution in [0.1, 0.15) is 28.0 Å². The second kappa shape index (κ2) is 8.65. The van der Waals surface area contributed by atoms with Crippen molar-refractivity contribution in [3.8, 4) is 0 Å². The third-order valence-corrected chi connectivity index (χ3v) is 6.34. The molecule has 32 heavy (non-hydrogen) atoms. The van der Waals surface area contributed by atoms with Crippen LogP contribution in [0.15, 0.2) is 54.6 Å².